The van der Waals surface area contributed by atoms with Crippen LogP contribution in [-0.4, -0.2) is 24.0 Å². The van der Waals surface area contributed by atoms with Crippen molar-refractivity contribution in [3.8, 4) is 0 Å². The Kier molecular flexibility index (Phi) is 4.34. The lowest BCUT2D eigenvalue weighted by molar-refractivity contribution is 0.613. The van der Waals surface area contributed by atoms with Crippen LogP contribution in [0.15, 0.2) is 41.5 Å². The first-order chi connectivity index (χ1) is 10.4. The zero-order chi connectivity index (χ0) is 14.5. The maximum Gasteiger partial charge on any atom is 0.191 e. The highest BCUT2D eigenvalue weighted by Gasteiger charge is 2.15. The number of guanidine groups is 1. The zero-order valence-corrected chi connectivity index (χ0v) is 12.5. The number of nitrogens with zero attached hydrogens (tertiary/aromatic N) is 2. The summed E-state index contributed by atoms with van der Waals surface area (Å²) < 4.78 is 0. The second-order valence-corrected chi connectivity index (χ2v) is 5.53. The third-order valence-electron chi connectivity index (χ3n) is 4.10. The van der Waals surface area contributed by atoms with Gasteiger partial charge in [0.2, 0.25) is 0 Å². The Labute approximate surface area is 125 Å². The highest BCUT2D eigenvalue weighted by Crippen LogP contribution is 2.18. The van der Waals surface area contributed by atoms with Gasteiger partial charge in [0.05, 0.1) is 12.2 Å². The van der Waals surface area contributed by atoms with Crippen molar-refractivity contribution >= 4 is 16.7 Å². The van der Waals surface area contributed by atoms with E-state index in [0.717, 1.165) is 11.7 Å². The molecule has 0 aliphatic heterocycles. The van der Waals surface area contributed by atoms with Crippen molar-refractivity contribution in [1.29, 1.82) is 0 Å². The standard InChI is InChI=1S/C17H22N4/c1-18-17(21-14-7-3-4-8-14)20-12-16-15-9-5-2-6-13(15)10-11-19-16/h2,5-6,9-11,14H,3-4,7-8,12H2,1H3,(H2,18,20,21). The third-order valence-corrected chi connectivity index (χ3v) is 4.10. The lowest BCUT2D eigenvalue weighted by atomic mass is 10.1. The predicted molar refractivity (Wildman–Crippen MR) is 87.3 cm³/mol. The minimum Gasteiger partial charge on any atom is -0.354 e. The fourth-order valence-electron chi connectivity index (χ4n) is 2.95. The molecule has 2 aromatic rings. The predicted octanol–water partition coefficient (Wildman–Crippen LogP) is 2.84. The molecule has 0 atom stereocenters. The van der Waals surface area contributed by atoms with Gasteiger partial charge in [-0.2, -0.15) is 0 Å². The van der Waals surface area contributed by atoms with E-state index in [1.807, 2.05) is 19.3 Å². The number of pyridine rings is 1. The van der Waals surface area contributed by atoms with Gasteiger partial charge in [0.1, 0.15) is 0 Å². The highest BCUT2D eigenvalue weighted by atomic mass is 15.2. The van der Waals surface area contributed by atoms with E-state index < -0.39 is 0 Å². The second-order valence-electron chi connectivity index (χ2n) is 5.53. The number of fused-ring (bicyclic) bond motifs is 1. The van der Waals surface area contributed by atoms with E-state index in [1.54, 1.807) is 0 Å². The Morgan fingerprint density at radius 2 is 2.05 bits per heavy atom. The van der Waals surface area contributed by atoms with Crippen LogP contribution in [0.1, 0.15) is 31.4 Å². The van der Waals surface area contributed by atoms with Crippen LogP contribution in [0.3, 0.4) is 0 Å². The molecule has 0 unspecified atom stereocenters. The number of benzene rings is 1. The van der Waals surface area contributed by atoms with Crippen molar-refractivity contribution in [1.82, 2.24) is 15.6 Å². The SMILES string of the molecule is CN=C(NCc1nccc2ccccc12)NC1CCCC1. The van der Waals surface area contributed by atoms with E-state index in [9.17, 15) is 0 Å². The van der Waals surface area contributed by atoms with Gasteiger partial charge in [-0.25, -0.2) is 0 Å². The molecule has 1 aliphatic carbocycles. The Morgan fingerprint density at radius 1 is 1.24 bits per heavy atom. The molecule has 0 saturated heterocycles. The topological polar surface area (TPSA) is 49.3 Å². The van der Waals surface area contributed by atoms with E-state index in [1.165, 1.54) is 36.5 Å². The molecular formula is C17H22N4. The van der Waals surface area contributed by atoms with Crippen molar-refractivity contribution < 1.29 is 0 Å². The molecule has 2 N–H and O–H groups in total. The molecule has 0 amide bonds. The smallest absolute Gasteiger partial charge is 0.191 e. The molecule has 1 aromatic carbocycles. The van der Waals surface area contributed by atoms with Crippen molar-refractivity contribution in [2.75, 3.05) is 7.05 Å². The van der Waals surface area contributed by atoms with Gasteiger partial charge in [-0.15, -0.1) is 0 Å². The van der Waals surface area contributed by atoms with Crippen LogP contribution in [-0.2, 0) is 6.54 Å². The molecule has 1 aliphatic rings. The van der Waals surface area contributed by atoms with Crippen molar-refractivity contribution in [2.24, 2.45) is 4.99 Å². The van der Waals surface area contributed by atoms with Gasteiger partial charge in [-0.3, -0.25) is 9.98 Å². The van der Waals surface area contributed by atoms with Crippen LogP contribution in [0.25, 0.3) is 10.8 Å². The Balaban J connectivity index is 1.67. The maximum atomic E-state index is 4.50. The van der Waals surface area contributed by atoms with Crippen molar-refractivity contribution in [3.63, 3.8) is 0 Å². The Hall–Kier alpha value is -2.10. The van der Waals surface area contributed by atoms with Gasteiger partial charge < -0.3 is 10.6 Å². The first-order valence-electron chi connectivity index (χ1n) is 7.66. The summed E-state index contributed by atoms with van der Waals surface area (Å²) in [6.45, 7) is 0.688. The molecule has 0 radical (unpaired) electrons. The first kappa shape index (κ1) is 13.9. The molecular weight excluding hydrogens is 260 g/mol. The molecule has 1 heterocycles. The van der Waals surface area contributed by atoms with Gasteiger partial charge in [-0.05, 0) is 24.3 Å². The molecule has 1 aromatic heterocycles. The van der Waals surface area contributed by atoms with Gasteiger partial charge >= 0.3 is 0 Å². The van der Waals surface area contributed by atoms with Gasteiger partial charge in [-0.1, -0.05) is 37.1 Å². The third kappa shape index (κ3) is 3.32. The molecule has 0 bridgehead atoms. The van der Waals surface area contributed by atoms with Crippen LogP contribution < -0.4 is 10.6 Å². The van der Waals surface area contributed by atoms with Crippen LogP contribution >= 0.6 is 0 Å². The van der Waals surface area contributed by atoms with Gasteiger partial charge in [0.15, 0.2) is 5.96 Å². The van der Waals surface area contributed by atoms with E-state index in [2.05, 4.69) is 44.9 Å². The lowest BCUT2D eigenvalue weighted by Gasteiger charge is -2.17. The van der Waals surface area contributed by atoms with Crippen molar-refractivity contribution in [3.05, 3.63) is 42.2 Å². The summed E-state index contributed by atoms with van der Waals surface area (Å²) >= 11 is 0. The number of hydrogen-bond donors (Lipinski definition) is 2. The van der Waals surface area contributed by atoms with Gasteiger partial charge in [0, 0.05) is 24.7 Å². The molecule has 4 heteroatoms. The highest BCUT2D eigenvalue weighted by molar-refractivity contribution is 5.85. The lowest BCUT2D eigenvalue weighted by Crippen LogP contribution is -2.42. The van der Waals surface area contributed by atoms with Crippen LogP contribution in [0.5, 0.6) is 0 Å². The van der Waals surface area contributed by atoms with Crippen LogP contribution in [0.4, 0.5) is 0 Å². The summed E-state index contributed by atoms with van der Waals surface area (Å²) in [5, 5.41) is 9.30. The monoisotopic (exact) mass is 282 g/mol. The van der Waals surface area contributed by atoms with E-state index in [4.69, 9.17) is 0 Å². The summed E-state index contributed by atoms with van der Waals surface area (Å²) in [6.07, 6.45) is 6.99. The van der Waals surface area contributed by atoms with Crippen molar-refractivity contribution in [2.45, 2.75) is 38.3 Å². The minimum absolute atomic E-state index is 0.566. The largest absolute Gasteiger partial charge is 0.354 e. The minimum atomic E-state index is 0.566. The number of aromatic nitrogens is 1. The van der Waals surface area contributed by atoms with Crippen LogP contribution in [0.2, 0.25) is 0 Å². The quantitative estimate of drug-likeness (QED) is 0.672. The summed E-state index contributed by atoms with van der Waals surface area (Å²) in [4.78, 5) is 8.81. The second kappa shape index (κ2) is 6.57. The molecule has 21 heavy (non-hydrogen) atoms. The summed E-state index contributed by atoms with van der Waals surface area (Å²) in [5.41, 5.74) is 1.06. The number of nitrogens with one attached hydrogen (secondary N) is 2. The summed E-state index contributed by atoms with van der Waals surface area (Å²) in [6, 6.07) is 11.0. The van der Waals surface area contributed by atoms with E-state index in [-0.39, 0.29) is 0 Å². The molecule has 1 saturated carbocycles. The number of hydrogen-bond acceptors (Lipinski definition) is 2. The summed E-state index contributed by atoms with van der Waals surface area (Å²) in [5.74, 6) is 0.872. The molecule has 4 nitrogen and oxygen atoms in total. The van der Waals surface area contributed by atoms with Crippen LogP contribution in [0, 0.1) is 0 Å². The molecule has 1 fully saturated rings. The average Bonchev–Trinajstić information content (AvgIpc) is 3.04. The number of aliphatic imine (C=N–C) groups is 1. The maximum absolute atomic E-state index is 4.50. The Morgan fingerprint density at radius 3 is 2.86 bits per heavy atom. The van der Waals surface area contributed by atoms with Gasteiger partial charge in [0.25, 0.3) is 0 Å². The molecule has 110 valence electrons. The molecule has 0 spiro atoms. The van der Waals surface area contributed by atoms with E-state index in [0.29, 0.717) is 12.6 Å². The normalized spacial score (nSPS) is 16.3. The molecule has 3 rings (SSSR count). The fraction of sp³-hybridized carbons (Fsp3) is 0.412. The number of rotatable bonds is 3. The van der Waals surface area contributed by atoms with E-state index >= 15 is 0 Å². The first-order valence-corrected chi connectivity index (χ1v) is 7.66. The average molecular weight is 282 g/mol. The Bertz CT molecular complexity index is 624. The fourth-order valence-corrected chi connectivity index (χ4v) is 2.95. The summed E-state index contributed by atoms with van der Waals surface area (Å²) in [7, 11) is 1.82. The zero-order valence-electron chi connectivity index (χ0n) is 12.5.